The van der Waals surface area contributed by atoms with Crippen LogP contribution in [0.15, 0.2) is 117 Å². The van der Waals surface area contributed by atoms with Gasteiger partial charge in [0, 0.05) is 25.9 Å². The van der Waals surface area contributed by atoms with Gasteiger partial charge in [0.15, 0.2) is 5.82 Å². The average Bonchev–Trinajstić information content (AvgIpc) is 2.90. The molecule has 0 saturated carbocycles. The van der Waals surface area contributed by atoms with Gasteiger partial charge in [-0.1, -0.05) is 65.8 Å². The Kier molecular flexibility index (Phi) is 6.86. The van der Waals surface area contributed by atoms with Crippen LogP contribution in [0.1, 0.15) is 11.1 Å². The maximum atomic E-state index is 13.4. The van der Waals surface area contributed by atoms with E-state index in [1.165, 1.54) is 30.1 Å². The molecular formula is C28H17ClF3N3OS. The van der Waals surface area contributed by atoms with E-state index in [0.29, 0.717) is 15.9 Å². The molecule has 37 heavy (non-hydrogen) atoms. The zero-order valence-corrected chi connectivity index (χ0v) is 20.6. The summed E-state index contributed by atoms with van der Waals surface area (Å²) in [5.41, 5.74) is -0.119. The zero-order chi connectivity index (χ0) is 26.0. The number of nitrogens with zero attached hydrogens (tertiary/aromatic N) is 3. The first-order valence-electron chi connectivity index (χ1n) is 11.1. The van der Waals surface area contributed by atoms with E-state index < -0.39 is 17.3 Å². The van der Waals surface area contributed by atoms with Crippen LogP contribution < -0.4 is 5.56 Å². The lowest BCUT2D eigenvalue weighted by Crippen LogP contribution is -2.20. The van der Waals surface area contributed by atoms with Crippen molar-refractivity contribution in [2.75, 3.05) is 0 Å². The molecule has 0 bridgehead atoms. The van der Waals surface area contributed by atoms with Crippen molar-refractivity contribution >= 4 is 40.5 Å². The molecule has 5 rings (SSSR count). The first-order valence-corrected chi connectivity index (χ1v) is 12.3. The van der Waals surface area contributed by atoms with Crippen molar-refractivity contribution in [3.05, 3.63) is 124 Å². The van der Waals surface area contributed by atoms with Crippen LogP contribution in [-0.4, -0.2) is 15.9 Å². The van der Waals surface area contributed by atoms with E-state index in [4.69, 9.17) is 11.6 Å². The Morgan fingerprint density at radius 2 is 1.62 bits per heavy atom. The fourth-order valence-electron chi connectivity index (χ4n) is 3.68. The van der Waals surface area contributed by atoms with Crippen molar-refractivity contribution in [1.29, 1.82) is 0 Å². The van der Waals surface area contributed by atoms with Crippen LogP contribution in [-0.2, 0) is 6.18 Å². The molecule has 0 spiro atoms. The van der Waals surface area contributed by atoms with Gasteiger partial charge >= 0.3 is 6.18 Å². The number of para-hydroxylation sites is 1. The summed E-state index contributed by atoms with van der Waals surface area (Å²) in [6.45, 7) is 0. The molecule has 0 aliphatic rings. The third-order valence-corrected chi connectivity index (χ3v) is 6.83. The standard InChI is InChI=1S/C28H17ClF3N3OS/c29-21-12-14-22(15-13-21)37-25-11-4-1-6-19(25)17-33-35-26(18-7-5-8-20(16-18)28(30,31)32)34-24-10-3-2-9-23(24)27(35)36/h1-17H. The number of hydrogen-bond donors (Lipinski definition) is 0. The summed E-state index contributed by atoms with van der Waals surface area (Å²) < 4.78 is 41.3. The van der Waals surface area contributed by atoms with Crippen LogP contribution in [0.5, 0.6) is 0 Å². The fourth-order valence-corrected chi connectivity index (χ4v) is 4.72. The maximum Gasteiger partial charge on any atom is 0.416 e. The van der Waals surface area contributed by atoms with Gasteiger partial charge in [0.1, 0.15) is 0 Å². The molecule has 4 nitrogen and oxygen atoms in total. The summed E-state index contributed by atoms with van der Waals surface area (Å²) in [6.07, 6.45) is -3.04. The molecule has 0 aliphatic heterocycles. The molecule has 0 saturated heterocycles. The molecule has 5 aromatic rings. The Morgan fingerprint density at radius 3 is 2.41 bits per heavy atom. The zero-order valence-electron chi connectivity index (χ0n) is 19.0. The lowest BCUT2D eigenvalue weighted by atomic mass is 10.1. The van der Waals surface area contributed by atoms with Crippen molar-refractivity contribution in [3.63, 3.8) is 0 Å². The summed E-state index contributed by atoms with van der Waals surface area (Å²) in [5, 5.41) is 5.35. The molecule has 0 radical (unpaired) electrons. The van der Waals surface area contributed by atoms with E-state index in [-0.39, 0.29) is 11.4 Å². The third-order valence-electron chi connectivity index (χ3n) is 5.47. The lowest BCUT2D eigenvalue weighted by Gasteiger charge is -2.12. The Balaban J connectivity index is 1.63. The monoisotopic (exact) mass is 535 g/mol. The molecule has 0 amide bonds. The highest BCUT2D eigenvalue weighted by Crippen LogP contribution is 2.33. The SMILES string of the molecule is O=c1c2ccccc2nc(-c2cccc(C(F)(F)F)c2)n1N=Cc1ccccc1Sc1ccc(Cl)cc1. The smallest absolute Gasteiger partial charge is 0.267 e. The van der Waals surface area contributed by atoms with Gasteiger partial charge < -0.3 is 0 Å². The summed E-state index contributed by atoms with van der Waals surface area (Å²) in [6, 6.07) is 26.2. The molecule has 9 heteroatoms. The molecule has 184 valence electrons. The minimum atomic E-state index is -4.54. The summed E-state index contributed by atoms with van der Waals surface area (Å²) in [7, 11) is 0. The second-order valence-corrected chi connectivity index (χ2v) is 9.54. The van der Waals surface area contributed by atoms with Crippen LogP contribution in [0.4, 0.5) is 13.2 Å². The number of benzene rings is 4. The average molecular weight is 536 g/mol. The molecule has 0 atom stereocenters. The number of rotatable bonds is 5. The van der Waals surface area contributed by atoms with Gasteiger partial charge in [0.25, 0.3) is 5.56 Å². The van der Waals surface area contributed by atoms with Gasteiger partial charge in [-0.15, -0.1) is 0 Å². The first-order chi connectivity index (χ1) is 17.8. The van der Waals surface area contributed by atoms with Crippen LogP contribution in [0.2, 0.25) is 5.02 Å². The van der Waals surface area contributed by atoms with E-state index in [9.17, 15) is 18.0 Å². The Labute approximate surface area is 219 Å². The molecule has 1 heterocycles. The second-order valence-electron chi connectivity index (χ2n) is 7.99. The Hall–Kier alpha value is -3.88. The highest BCUT2D eigenvalue weighted by Gasteiger charge is 2.31. The van der Waals surface area contributed by atoms with Gasteiger partial charge in [0.05, 0.1) is 22.7 Å². The predicted octanol–water partition coefficient (Wildman–Crippen LogP) is 7.77. The Morgan fingerprint density at radius 1 is 0.892 bits per heavy atom. The van der Waals surface area contributed by atoms with E-state index in [1.54, 1.807) is 36.4 Å². The van der Waals surface area contributed by atoms with Crippen molar-refractivity contribution in [2.45, 2.75) is 16.0 Å². The summed E-state index contributed by atoms with van der Waals surface area (Å²) in [5.74, 6) is 0.00823. The number of fused-ring (bicyclic) bond motifs is 1. The van der Waals surface area contributed by atoms with Crippen LogP contribution >= 0.6 is 23.4 Å². The minimum absolute atomic E-state index is 0.00823. The molecule has 4 aromatic carbocycles. The highest BCUT2D eigenvalue weighted by atomic mass is 35.5. The predicted molar refractivity (Wildman–Crippen MR) is 141 cm³/mol. The van der Waals surface area contributed by atoms with Crippen molar-refractivity contribution in [3.8, 4) is 11.4 Å². The number of hydrogen-bond acceptors (Lipinski definition) is 4. The second kappa shape index (κ2) is 10.2. The quantitative estimate of drug-likeness (QED) is 0.216. The van der Waals surface area contributed by atoms with Crippen LogP contribution in [0.3, 0.4) is 0 Å². The minimum Gasteiger partial charge on any atom is -0.267 e. The number of aromatic nitrogens is 2. The largest absolute Gasteiger partial charge is 0.416 e. The Bertz CT molecular complexity index is 1680. The van der Waals surface area contributed by atoms with Crippen molar-refractivity contribution < 1.29 is 13.2 Å². The van der Waals surface area contributed by atoms with Gasteiger partial charge in [-0.25, -0.2) is 4.98 Å². The topological polar surface area (TPSA) is 47.2 Å². The van der Waals surface area contributed by atoms with E-state index in [0.717, 1.165) is 32.2 Å². The number of halogens is 4. The molecule has 1 aromatic heterocycles. The molecule has 0 unspecified atom stereocenters. The highest BCUT2D eigenvalue weighted by molar-refractivity contribution is 7.99. The third kappa shape index (κ3) is 5.45. The van der Waals surface area contributed by atoms with Gasteiger partial charge in [0.2, 0.25) is 0 Å². The normalized spacial score (nSPS) is 11.9. The molecule has 0 fully saturated rings. The lowest BCUT2D eigenvalue weighted by molar-refractivity contribution is -0.137. The van der Waals surface area contributed by atoms with Gasteiger partial charge in [-0.2, -0.15) is 22.9 Å². The number of alkyl halides is 3. The van der Waals surface area contributed by atoms with E-state index in [1.807, 2.05) is 36.4 Å². The van der Waals surface area contributed by atoms with Crippen molar-refractivity contribution in [1.82, 2.24) is 9.66 Å². The molecular weight excluding hydrogens is 519 g/mol. The van der Waals surface area contributed by atoms with Crippen molar-refractivity contribution in [2.24, 2.45) is 5.10 Å². The molecule has 0 N–H and O–H groups in total. The van der Waals surface area contributed by atoms with Gasteiger partial charge in [-0.05, 0) is 54.6 Å². The summed E-state index contributed by atoms with van der Waals surface area (Å²) in [4.78, 5) is 19.7. The molecule has 0 aliphatic carbocycles. The van der Waals surface area contributed by atoms with E-state index >= 15 is 0 Å². The van der Waals surface area contributed by atoms with Gasteiger partial charge in [-0.3, -0.25) is 4.79 Å². The first kappa shape index (κ1) is 24.8. The maximum absolute atomic E-state index is 13.4. The fraction of sp³-hybridized carbons (Fsp3) is 0.0357. The summed E-state index contributed by atoms with van der Waals surface area (Å²) >= 11 is 7.48. The van der Waals surface area contributed by atoms with Crippen LogP contribution in [0, 0.1) is 0 Å². The van der Waals surface area contributed by atoms with E-state index in [2.05, 4.69) is 10.1 Å². The van der Waals surface area contributed by atoms with Crippen LogP contribution in [0.25, 0.3) is 22.3 Å².